The van der Waals surface area contributed by atoms with Crippen molar-refractivity contribution in [2.45, 2.75) is 37.3 Å². The monoisotopic (exact) mass is 291 g/mol. The van der Waals surface area contributed by atoms with Crippen LogP contribution in [0.3, 0.4) is 0 Å². The van der Waals surface area contributed by atoms with Crippen LogP contribution in [0.1, 0.15) is 25.7 Å². The standard InChI is InChI=1S/C17H25NO3/c19-17(14-21-16-8-2-1-3-9-16)12-18(10-11-20-13-17)15-6-4-5-7-15/h1-3,8-9,15,19H,4-7,10-14H2. The second-order valence-electron chi connectivity index (χ2n) is 6.29. The highest BCUT2D eigenvalue weighted by molar-refractivity contribution is 5.21. The first kappa shape index (κ1) is 14.8. The lowest BCUT2D eigenvalue weighted by atomic mass is 10.0. The average molecular weight is 291 g/mol. The van der Waals surface area contributed by atoms with Crippen LogP contribution in [0, 0.1) is 0 Å². The molecule has 2 fully saturated rings. The summed E-state index contributed by atoms with van der Waals surface area (Å²) in [4.78, 5) is 2.40. The number of para-hydroxylation sites is 1. The molecule has 1 N–H and O–H groups in total. The zero-order valence-corrected chi connectivity index (χ0v) is 12.5. The van der Waals surface area contributed by atoms with E-state index in [1.54, 1.807) is 0 Å². The molecular formula is C17H25NO3. The highest BCUT2D eigenvalue weighted by Gasteiger charge is 2.36. The summed E-state index contributed by atoms with van der Waals surface area (Å²) in [6.45, 7) is 2.89. The number of hydrogen-bond acceptors (Lipinski definition) is 4. The molecule has 4 heteroatoms. The zero-order valence-electron chi connectivity index (χ0n) is 12.5. The van der Waals surface area contributed by atoms with Gasteiger partial charge in [0.25, 0.3) is 0 Å². The Kier molecular flexibility index (Phi) is 4.78. The van der Waals surface area contributed by atoms with Crippen molar-refractivity contribution >= 4 is 0 Å². The fourth-order valence-corrected chi connectivity index (χ4v) is 3.35. The van der Waals surface area contributed by atoms with Crippen LogP contribution >= 0.6 is 0 Å². The Hall–Kier alpha value is -1.10. The van der Waals surface area contributed by atoms with Crippen LogP contribution in [0.5, 0.6) is 5.75 Å². The Balaban J connectivity index is 1.60. The second-order valence-corrected chi connectivity index (χ2v) is 6.29. The fraction of sp³-hybridized carbons (Fsp3) is 0.647. The lowest BCUT2D eigenvalue weighted by Gasteiger charge is -2.33. The molecule has 1 aromatic carbocycles. The van der Waals surface area contributed by atoms with Crippen molar-refractivity contribution in [1.82, 2.24) is 4.90 Å². The molecule has 0 spiro atoms. The largest absolute Gasteiger partial charge is 0.490 e. The van der Waals surface area contributed by atoms with Crippen LogP contribution in [-0.2, 0) is 4.74 Å². The van der Waals surface area contributed by atoms with Gasteiger partial charge in [-0.2, -0.15) is 0 Å². The van der Waals surface area contributed by atoms with Crippen molar-refractivity contribution in [3.63, 3.8) is 0 Å². The number of nitrogens with zero attached hydrogens (tertiary/aromatic N) is 1. The molecule has 0 aromatic heterocycles. The van der Waals surface area contributed by atoms with E-state index in [0.717, 1.165) is 12.3 Å². The quantitative estimate of drug-likeness (QED) is 0.922. The van der Waals surface area contributed by atoms with E-state index >= 15 is 0 Å². The Morgan fingerprint density at radius 2 is 2.00 bits per heavy atom. The molecule has 2 aliphatic rings. The minimum Gasteiger partial charge on any atom is -0.490 e. The van der Waals surface area contributed by atoms with Gasteiger partial charge in [0, 0.05) is 19.1 Å². The van der Waals surface area contributed by atoms with Crippen LogP contribution in [-0.4, -0.2) is 54.6 Å². The van der Waals surface area contributed by atoms with Gasteiger partial charge in [-0.25, -0.2) is 0 Å². The smallest absolute Gasteiger partial charge is 0.134 e. The number of ether oxygens (including phenoxy) is 2. The van der Waals surface area contributed by atoms with Gasteiger partial charge in [-0.05, 0) is 25.0 Å². The average Bonchev–Trinajstić information content (AvgIpc) is 2.97. The van der Waals surface area contributed by atoms with E-state index in [1.807, 2.05) is 30.3 Å². The molecule has 1 aliphatic heterocycles. The van der Waals surface area contributed by atoms with Gasteiger partial charge < -0.3 is 14.6 Å². The van der Waals surface area contributed by atoms with Gasteiger partial charge in [0.15, 0.2) is 0 Å². The maximum absolute atomic E-state index is 10.9. The molecule has 3 rings (SSSR count). The minimum absolute atomic E-state index is 0.278. The summed E-state index contributed by atoms with van der Waals surface area (Å²) in [5.74, 6) is 0.794. The molecule has 0 radical (unpaired) electrons. The Morgan fingerprint density at radius 1 is 1.24 bits per heavy atom. The molecule has 1 atom stereocenters. The van der Waals surface area contributed by atoms with Crippen molar-refractivity contribution in [3.05, 3.63) is 30.3 Å². The van der Waals surface area contributed by atoms with Crippen LogP contribution in [0.4, 0.5) is 0 Å². The predicted octanol–water partition coefficient (Wildman–Crippen LogP) is 2.07. The lowest BCUT2D eigenvalue weighted by Crippen LogP contribution is -2.51. The zero-order chi connectivity index (χ0) is 14.5. The summed E-state index contributed by atoms with van der Waals surface area (Å²) in [7, 11) is 0. The number of β-amino-alcohol motifs (C(OH)–C–C–N with tert-alkyl or cyclic N) is 1. The molecule has 1 saturated heterocycles. The van der Waals surface area contributed by atoms with E-state index in [1.165, 1.54) is 25.7 Å². The van der Waals surface area contributed by atoms with Gasteiger partial charge in [-0.3, -0.25) is 4.90 Å². The molecule has 0 amide bonds. The van der Waals surface area contributed by atoms with E-state index in [-0.39, 0.29) is 6.61 Å². The summed E-state index contributed by atoms with van der Waals surface area (Å²) in [5, 5.41) is 10.9. The van der Waals surface area contributed by atoms with Crippen LogP contribution in [0.2, 0.25) is 0 Å². The van der Waals surface area contributed by atoms with Gasteiger partial charge in [0.05, 0.1) is 13.2 Å². The van der Waals surface area contributed by atoms with E-state index in [4.69, 9.17) is 9.47 Å². The second kappa shape index (κ2) is 6.77. The lowest BCUT2D eigenvalue weighted by molar-refractivity contribution is -0.0669. The van der Waals surface area contributed by atoms with Gasteiger partial charge in [0.1, 0.15) is 18.0 Å². The summed E-state index contributed by atoms with van der Waals surface area (Å²) < 4.78 is 11.4. The number of rotatable bonds is 4. The number of aliphatic hydroxyl groups is 1. The molecule has 1 unspecified atom stereocenters. The third kappa shape index (κ3) is 3.96. The van der Waals surface area contributed by atoms with Crippen LogP contribution in [0.25, 0.3) is 0 Å². The van der Waals surface area contributed by atoms with Crippen LogP contribution < -0.4 is 4.74 Å². The number of benzene rings is 1. The molecule has 1 heterocycles. The third-order valence-electron chi connectivity index (χ3n) is 4.48. The number of hydrogen-bond donors (Lipinski definition) is 1. The topological polar surface area (TPSA) is 41.9 Å². The van der Waals surface area contributed by atoms with Crippen molar-refractivity contribution < 1.29 is 14.6 Å². The Morgan fingerprint density at radius 3 is 2.76 bits per heavy atom. The van der Waals surface area contributed by atoms with Gasteiger partial charge >= 0.3 is 0 Å². The molecule has 21 heavy (non-hydrogen) atoms. The Labute approximate surface area is 126 Å². The first-order valence-corrected chi connectivity index (χ1v) is 7.97. The van der Waals surface area contributed by atoms with Crippen molar-refractivity contribution in [2.24, 2.45) is 0 Å². The summed E-state index contributed by atoms with van der Waals surface area (Å²) >= 11 is 0. The fourth-order valence-electron chi connectivity index (χ4n) is 3.35. The van der Waals surface area contributed by atoms with Gasteiger partial charge in [-0.15, -0.1) is 0 Å². The molecule has 116 valence electrons. The molecule has 1 aliphatic carbocycles. The summed E-state index contributed by atoms with van der Waals surface area (Å²) in [5.41, 5.74) is -0.922. The minimum atomic E-state index is -0.922. The van der Waals surface area contributed by atoms with Crippen molar-refractivity contribution in [2.75, 3.05) is 32.9 Å². The highest BCUT2D eigenvalue weighted by Crippen LogP contribution is 2.26. The maximum Gasteiger partial charge on any atom is 0.134 e. The van der Waals surface area contributed by atoms with Gasteiger partial charge in [-0.1, -0.05) is 31.0 Å². The highest BCUT2D eigenvalue weighted by atomic mass is 16.5. The molecule has 1 saturated carbocycles. The third-order valence-corrected chi connectivity index (χ3v) is 4.48. The van der Waals surface area contributed by atoms with Gasteiger partial charge in [0.2, 0.25) is 0 Å². The van der Waals surface area contributed by atoms with Crippen molar-refractivity contribution in [3.8, 4) is 5.75 Å². The van der Waals surface area contributed by atoms with E-state index in [9.17, 15) is 5.11 Å². The summed E-state index contributed by atoms with van der Waals surface area (Å²) in [6, 6.07) is 10.3. The SMILES string of the molecule is OC1(COc2ccccc2)COCCN(C2CCCC2)C1. The van der Waals surface area contributed by atoms with E-state index in [2.05, 4.69) is 4.90 Å². The molecule has 0 bridgehead atoms. The Bertz CT molecular complexity index is 433. The first-order valence-electron chi connectivity index (χ1n) is 7.97. The first-order chi connectivity index (χ1) is 10.3. The van der Waals surface area contributed by atoms with Crippen molar-refractivity contribution in [1.29, 1.82) is 0 Å². The van der Waals surface area contributed by atoms with E-state index in [0.29, 0.717) is 25.8 Å². The normalized spacial score (nSPS) is 28.4. The van der Waals surface area contributed by atoms with Crippen LogP contribution in [0.15, 0.2) is 30.3 Å². The maximum atomic E-state index is 10.9. The summed E-state index contributed by atoms with van der Waals surface area (Å²) in [6.07, 6.45) is 5.10. The molecular weight excluding hydrogens is 266 g/mol. The van der Waals surface area contributed by atoms with E-state index < -0.39 is 5.60 Å². The predicted molar refractivity (Wildman–Crippen MR) is 81.5 cm³/mol. The molecule has 4 nitrogen and oxygen atoms in total. The molecule has 1 aromatic rings.